The van der Waals surface area contributed by atoms with Gasteiger partial charge in [-0.2, -0.15) is 5.10 Å². The van der Waals surface area contributed by atoms with Crippen molar-refractivity contribution in [3.63, 3.8) is 0 Å². The maximum absolute atomic E-state index is 4.38. The summed E-state index contributed by atoms with van der Waals surface area (Å²) in [5.74, 6) is 1.97. The summed E-state index contributed by atoms with van der Waals surface area (Å²) >= 11 is 0. The highest BCUT2D eigenvalue weighted by Crippen LogP contribution is 2.31. The number of hydrogen-bond acceptors (Lipinski definition) is 3. The SMILES string of the molecule is CCNCc1ncnn1C1CCC(C)CC1. The third-order valence-corrected chi connectivity index (χ3v) is 3.51. The Hall–Kier alpha value is -0.900. The van der Waals surface area contributed by atoms with Gasteiger partial charge in [0.25, 0.3) is 0 Å². The van der Waals surface area contributed by atoms with Gasteiger partial charge in [-0.3, -0.25) is 0 Å². The first kappa shape index (κ1) is 11.6. The van der Waals surface area contributed by atoms with Crippen molar-refractivity contribution in [2.75, 3.05) is 6.54 Å². The first-order chi connectivity index (χ1) is 7.81. The van der Waals surface area contributed by atoms with Crippen molar-refractivity contribution < 1.29 is 0 Å². The van der Waals surface area contributed by atoms with Gasteiger partial charge in [0.1, 0.15) is 12.2 Å². The molecule has 0 amide bonds. The van der Waals surface area contributed by atoms with Crippen LogP contribution < -0.4 is 5.32 Å². The molecule has 4 nitrogen and oxygen atoms in total. The Bertz CT molecular complexity index is 313. The van der Waals surface area contributed by atoms with E-state index in [1.54, 1.807) is 6.33 Å². The van der Waals surface area contributed by atoms with Crippen molar-refractivity contribution in [2.45, 2.75) is 52.1 Å². The topological polar surface area (TPSA) is 42.7 Å². The molecule has 1 N–H and O–H groups in total. The summed E-state index contributed by atoms with van der Waals surface area (Å²) in [5, 5.41) is 7.70. The van der Waals surface area contributed by atoms with Crippen LogP contribution in [0.5, 0.6) is 0 Å². The van der Waals surface area contributed by atoms with Crippen molar-refractivity contribution in [3.05, 3.63) is 12.2 Å². The highest BCUT2D eigenvalue weighted by atomic mass is 15.4. The lowest BCUT2D eigenvalue weighted by Gasteiger charge is -2.27. The van der Waals surface area contributed by atoms with Crippen molar-refractivity contribution >= 4 is 0 Å². The maximum Gasteiger partial charge on any atom is 0.141 e. The van der Waals surface area contributed by atoms with E-state index in [0.717, 1.165) is 24.8 Å². The second-order valence-electron chi connectivity index (χ2n) is 4.81. The molecule has 0 aliphatic heterocycles. The van der Waals surface area contributed by atoms with Gasteiger partial charge in [-0.05, 0) is 38.1 Å². The Kier molecular flexibility index (Phi) is 3.93. The molecule has 1 saturated carbocycles. The van der Waals surface area contributed by atoms with E-state index in [1.165, 1.54) is 25.7 Å². The van der Waals surface area contributed by atoms with Gasteiger partial charge < -0.3 is 5.32 Å². The van der Waals surface area contributed by atoms with Crippen LogP contribution in [0.15, 0.2) is 6.33 Å². The molecule has 4 heteroatoms. The summed E-state index contributed by atoms with van der Waals surface area (Å²) in [4.78, 5) is 4.34. The zero-order chi connectivity index (χ0) is 11.4. The highest BCUT2D eigenvalue weighted by Gasteiger charge is 2.21. The molecule has 0 spiro atoms. The fourth-order valence-corrected chi connectivity index (χ4v) is 2.43. The van der Waals surface area contributed by atoms with Crippen LogP contribution in [-0.2, 0) is 6.54 Å². The lowest BCUT2D eigenvalue weighted by molar-refractivity contribution is 0.267. The largest absolute Gasteiger partial charge is 0.310 e. The van der Waals surface area contributed by atoms with Crippen molar-refractivity contribution in [2.24, 2.45) is 5.92 Å². The first-order valence-corrected chi connectivity index (χ1v) is 6.40. The van der Waals surface area contributed by atoms with Crippen molar-refractivity contribution in [3.8, 4) is 0 Å². The van der Waals surface area contributed by atoms with Gasteiger partial charge >= 0.3 is 0 Å². The average molecular weight is 222 g/mol. The summed E-state index contributed by atoms with van der Waals surface area (Å²) in [6, 6.07) is 0.576. The number of aromatic nitrogens is 3. The minimum atomic E-state index is 0.576. The second-order valence-corrected chi connectivity index (χ2v) is 4.81. The molecule has 1 heterocycles. The Morgan fingerprint density at radius 2 is 2.12 bits per heavy atom. The second kappa shape index (κ2) is 5.43. The van der Waals surface area contributed by atoms with Gasteiger partial charge in [0.2, 0.25) is 0 Å². The van der Waals surface area contributed by atoms with E-state index in [9.17, 15) is 0 Å². The van der Waals surface area contributed by atoms with Crippen molar-refractivity contribution in [1.29, 1.82) is 0 Å². The molecule has 0 saturated heterocycles. The number of nitrogens with one attached hydrogen (secondary N) is 1. The van der Waals surface area contributed by atoms with E-state index in [-0.39, 0.29) is 0 Å². The monoisotopic (exact) mass is 222 g/mol. The predicted molar refractivity (Wildman–Crippen MR) is 64.1 cm³/mol. The lowest BCUT2D eigenvalue weighted by atomic mass is 9.87. The third-order valence-electron chi connectivity index (χ3n) is 3.51. The predicted octanol–water partition coefficient (Wildman–Crippen LogP) is 2.14. The molecular weight excluding hydrogens is 200 g/mol. The quantitative estimate of drug-likeness (QED) is 0.848. The normalized spacial score (nSPS) is 25.9. The fraction of sp³-hybridized carbons (Fsp3) is 0.833. The molecule has 0 radical (unpaired) electrons. The average Bonchev–Trinajstić information content (AvgIpc) is 2.75. The zero-order valence-electron chi connectivity index (χ0n) is 10.3. The Morgan fingerprint density at radius 3 is 2.81 bits per heavy atom. The van der Waals surface area contributed by atoms with E-state index in [4.69, 9.17) is 0 Å². The summed E-state index contributed by atoms with van der Waals surface area (Å²) in [7, 11) is 0. The summed E-state index contributed by atoms with van der Waals surface area (Å²) in [5.41, 5.74) is 0. The van der Waals surface area contributed by atoms with Gasteiger partial charge in [-0.25, -0.2) is 9.67 Å². The van der Waals surface area contributed by atoms with E-state index < -0.39 is 0 Å². The number of nitrogens with zero attached hydrogens (tertiary/aromatic N) is 3. The highest BCUT2D eigenvalue weighted by molar-refractivity contribution is 4.88. The molecule has 1 aromatic heterocycles. The molecule has 1 aliphatic rings. The van der Waals surface area contributed by atoms with Crippen LogP contribution in [0.4, 0.5) is 0 Å². The van der Waals surface area contributed by atoms with Crippen LogP contribution in [0, 0.1) is 5.92 Å². The maximum atomic E-state index is 4.38. The minimum absolute atomic E-state index is 0.576. The van der Waals surface area contributed by atoms with Crippen LogP contribution in [0.1, 0.15) is 51.4 Å². The van der Waals surface area contributed by atoms with E-state index in [0.29, 0.717) is 6.04 Å². The Morgan fingerprint density at radius 1 is 1.38 bits per heavy atom. The van der Waals surface area contributed by atoms with Crippen LogP contribution in [0.3, 0.4) is 0 Å². The van der Waals surface area contributed by atoms with Crippen LogP contribution in [-0.4, -0.2) is 21.3 Å². The van der Waals surface area contributed by atoms with Crippen LogP contribution >= 0.6 is 0 Å². The van der Waals surface area contributed by atoms with Gasteiger partial charge in [0.15, 0.2) is 0 Å². The molecule has 1 aromatic rings. The molecule has 0 aromatic carbocycles. The Labute approximate surface area is 97.5 Å². The molecule has 2 rings (SSSR count). The van der Waals surface area contributed by atoms with Gasteiger partial charge in [-0.15, -0.1) is 0 Å². The molecule has 1 fully saturated rings. The summed E-state index contributed by atoms with van der Waals surface area (Å²) in [6.45, 7) is 6.28. The van der Waals surface area contributed by atoms with Crippen molar-refractivity contribution in [1.82, 2.24) is 20.1 Å². The minimum Gasteiger partial charge on any atom is -0.310 e. The lowest BCUT2D eigenvalue weighted by Crippen LogP contribution is -2.23. The molecular formula is C12H22N4. The molecule has 90 valence electrons. The molecule has 0 bridgehead atoms. The first-order valence-electron chi connectivity index (χ1n) is 6.40. The van der Waals surface area contributed by atoms with E-state index in [2.05, 4.69) is 33.9 Å². The smallest absolute Gasteiger partial charge is 0.141 e. The van der Waals surface area contributed by atoms with Crippen LogP contribution in [0.25, 0.3) is 0 Å². The number of rotatable bonds is 4. The van der Waals surface area contributed by atoms with Gasteiger partial charge in [0, 0.05) is 0 Å². The molecule has 16 heavy (non-hydrogen) atoms. The number of hydrogen-bond donors (Lipinski definition) is 1. The van der Waals surface area contributed by atoms with Gasteiger partial charge in [-0.1, -0.05) is 13.8 Å². The van der Waals surface area contributed by atoms with Crippen LogP contribution in [0.2, 0.25) is 0 Å². The molecule has 0 unspecified atom stereocenters. The standard InChI is InChI=1S/C12H22N4/c1-3-13-8-12-14-9-15-16(12)11-6-4-10(2)5-7-11/h9-11,13H,3-8H2,1-2H3. The third kappa shape index (κ3) is 2.61. The molecule has 0 atom stereocenters. The van der Waals surface area contributed by atoms with E-state index in [1.807, 2.05) is 0 Å². The zero-order valence-corrected chi connectivity index (χ0v) is 10.3. The van der Waals surface area contributed by atoms with Gasteiger partial charge in [0.05, 0.1) is 12.6 Å². The Balaban J connectivity index is 1.99. The fourth-order valence-electron chi connectivity index (χ4n) is 2.43. The summed E-state index contributed by atoms with van der Waals surface area (Å²) in [6.07, 6.45) is 6.84. The molecule has 1 aliphatic carbocycles. The van der Waals surface area contributed by atoms with E-state index >= 15 is 0 Å². The summed E-state index contributed by atoms with van der Waals surface area (Å²) < 4.78 is 2.13.